The quantitative estimate of drug-likeness (QED) is 0.727. The van der Waals surface area contributed by atoms with Gasteiger partial charge in [-0.05, 0) is 47.6 Å². The number of ether oxygens (including phenoxy) is 1. The van der Waals surface area contributed by atoms with E-state index in [1.165, 1.54) is 13.2 Å². The SMILES string of the molecule is COc1ccc(CN(C)CC(=O)Nc2ccc3ccccc3c2)cc1F. The van der Waals surface area contributed by atoms with Gasteiger partial charge in [0.2, 0.25) is 5.91 Å². The van der Waals surface area contributed by atoms with Crippen LogP contribution < -0.4 is 10.1 Å². The lowest BCUT2D eigenvalue weighted by atomic mass is 10.1. The van der Waals surface area contributed by atoms with Crippen molar-refractivity contribution in [2.75, 3.05) is 26.0 Å². The molecule has 0 spiro atoms. The molecule has 3 aromatic rings. The molecule has 0 radical (unpaired) electrons. The van der Waals surface area contributed by atoms with Gasteiger partial charge in [0.1, 0.15) is 0 Å². The van der Waals surface area contributed by atoms with E-state index in [1.807, 2.05) is 54.4 Å². The highest BCUT2D eigenvalue weighted by Crippen LogP contribution is 2.20. The second-order valence-electron chi connectivity index (χ2n) is 6.25. The number of hydrogen-bond acceptors (Lipinski definition) is 3. The van der Waals surface area contributed by atoms with Crippen LogP contribution >= 0.6 is 0 Å². The lowest BCUT2D eigenvalue weighted by Gasteiger charge is -2.17. The molecule has 3 rings (SSSR count). The number of halogens is 1. The maximum atomic E-state index is 13.8. The molecule has 0 bridgehead atoms. The highest BCUT2D eigenvalue weighted by molar-refractivity contribution is 5.95. The number of anilines is 1. The number of rotatable bonds is 6. The first-order chi connectivity index (χ1) is 12.5. The Morgan fingerprint density at radius 3 is 2.58 bits per heavy atom. The van der Waals surface area contributed by atoms with Gasteiger partial charge in [0, 0.05) is 12.2 Å². The van der Waals surface area contributed by atoms with Crippen LogP contribution in [0.4, 0.5) is 10.1 Å². The van der Waals surface area contributed by atoms with Gasteiger partial charge in [0.15, 0.2) is 11.6 Å². The molecule has 5 heteroatoms. The summed E-state index contributed by atoms with van der Waals surface area (Å²) in [6.07, 6.45) is 0. The number of carbonyl (C=O) groups excluding carboxylic acids is 1. The minimum atomic E-state index is -0.404. The minimum absolute atomic E-state index is 0.114. The van der Waals surface area contributed by atoms with Crippen molar-refractivity contribution in [2.45, 2.75) is 6.54 Å². The zero-order valence-electron chi connectivity index (χ0n) is 14.8. The number of hydrogen-bond donors (Lipinski definition) is 1. The molecule has 0 aliphatic rings. The number of nitrogens with zero attached hydrogens (tertiary/aromatic N) is 1. The first-order valence-electron chi connectivity index (χ1n) is 8.35. The number of nitrogens with one attached hydrogen (secondary N) is 1. The van der Waals surface area contributed by atoms with Crippen LogP contribution in [-0.2, 0) is 11.3 Å². The zero-order chi connectivity index (χ0) is 18.5. The first-order valence-corrected chi connectivity index (χ1v) is 8.35. The molecule has 0 saturated heterocycles. The molecule has 1 N–H and O–H groups in total. The maximum absolute atomic E-state index is 13.8. The van der Waals surface area contributed by atoms with Crippen molar-refractivity contribution < 1.29 is 13.9 Å². The third kappa shape index (κ3) is 4.37. The van der Waals surface area contributed by atoms with Crippen molar-refractivity contribution in [3.8, 4) is 5.75 Å². The average molecular weight is 352 g/mol. The van der Waals surface area contributed by atoms with Crippen molar-refractivity contribution in [1.29, 1.82) is 0 Å². The van der Waals surface area contributed by atoms with E-state index in [0.717, 1.165) is 22.0 Å². The molecule has 4 nitrogen and oxygen atoms in total. The van der Waals surface area contributed by atoms with Crippen LogP contribution in [0.3, 0.4) is 0 Å². The summed E-state index contributed by atoms with van der Waals surface area (Å²) in [4.78, 5) is 14.1. The van der Waals surface area contributed by atoms with Gasteiger partial charge in [-0.3, -0.25) is 9.69 Å². The van der Waals surface area contributed by atoms with Crippen LogP contribution in [-0.4, -0.2) is 31.5 Å². The predicted molar refractivity (Wildman–Crippen MR) is 102 cm³/mol. The van der Waals surface area contributed by atoms with Gasteiger partial charge >= 0.3 is 0 Å². The molecular weight excluding hydrogens is 331 g/mol. The summed E-state index contributed by atoms with van der Waals surface area (Å²) >= 11 is 0. The summed E-state index contributed by atoms with van der Waals surface area (Å²) in [5, 5.41) is 5.11. The number of carbonyl (C=O) groups is 1. The minimum Gasteiger partial charge on any atom is -0.494 e. The van der Waals surface area contributed by atoms with Gasteiger partial charge in [-0.1, -0.05) is 36.4 Å². The predicted octanol–water partition coefficient (Wildman–Crippen LogP) is 4.06. The summed E-state index contributed by atoms with van der Waals surface area (Å²) in [6.45, 7) is 0.673. The molecule has 0 aromatic heterocycles. The first kappa shape index (κ1) is 17.9. The molecule has 0 aliphatic carbocycles. The summed E-state index contributed by atoms with van der Waals surface area (Å²) in [5.74, 6) is -0.304. The zero-order valence-corrected chi connectivity index (χ0v) is 14.8. The number of amides is 1. The lowest BCUT2D eigenvalue weighted by Crippen LogP contribution is -2.29. The average Bonchev–Trinajstić information content (AvgIpc) is 2.61. The Labute approximate surface area is 152 Å². The third-order valence-electron chi connectivity index (χ3n) is 4.12. The van der Waals surface area contributed by atoms with E-state index in [2.05, 4.69) is 5.32 Å². The van der Waals surface area contributed by atoms with Crippen molar-refractivity contribution in [1.82, 2.24) is 4.90 Å². The Kier molecular flexibility index (Phi) is 5.49. The normalized spacial score (nSPS) is 10.9. The van der Waals surface area contributed by atoms with Crippen molar-refractivity contribution >= 4 is 22.4 Å². The summed E-state index contributed by atoms with van der Waals surface area (Å²) in [5.41, 5.74) is 1.54. The van der Waals surface area contributed by atoms with Gasteiger partial charge in [0.05, 0.1) is 13.7 Å². The van der Waals surface area contributed by atoms with Crippen LogP contribution in [0.2, 0.25) is 0 Å². The van der Waals surface area contributed by atoms with E-state index in [4.69, 9.17) is 4.74 Å². The molecule has 0 fully saturated rings. The van der Waals surface area contributed by atoms with Gasteiger partial charge in [-0.25, -0.2) is 4.39 Å². The maximum Gasteiger partial charge on any atom is 0.238 e. The number of benzene rings is 3. The Morgan fingerprint density at radius 1 is 1.08 bits per heavy atom. The standard InChI is InChI=1S/C21H21FN2O2/c1-24(13-15-7-10-20(26-2)19(22)11-15)14-21(25)23-18-9-8-16-5-3-4-6-17(16)12-18/h3-12H,13-14H2,1-2H3,(H,23,25). The van der Waals surface area contributed by atoms with Crippen LogP contribution in [0, 0.1) is 5.82 Å². The van der Waals surface area contributed by atoms with Crippen LogP contribution in [0.1, 0.15) is 5.56 Å². The molecule has 0 heterocycles. The van der Waals surface area contributed by atoms with Gasteiger partial charge in [0.25, 0.3) is 0 Å². The van der Waals surface area contributed by atoms with E-state index < -0.39 is 5.82 Å². The van der Waals surface area contributed by atoms with Crippen molar-refractivity contribution in [3.05, 3.63) is 72.0 Å². The molecule has 0 unspecified atom stereocenters. The molecule has 1 amide bonds. The molecule has 3 aromatic carbocycles. The fourth-order valence-electron chi connectivity index (χ4n) is 2.89. The van der Waals surface area contributed by atoms with E-state index in [1.54, 1.807) is 12.1 Å². The van der Waals surface area contributed by atoms with E-state index in [9.17, 15) is 9.18 Å². The summed E-state index contributed by atoms with van der Waals surface area (Å²) in [7, 11) is 3.25. The molecule has 0 atom stereocenters. The van der Waals surface area contributed by atoms with Crippen LogP contribution in [0.25, 0.3) is 10.8 Å². The van der Waals surface area contributed by atoms with Crippen LogP contribution in [0.15, 0.2) is 60.7 Å². The van der Waals surface area contributed by atoms with E-state index in [0.29, 0.717) is 6.54 Å². The highest BCUT2D eigenvalue weighted by Gasteiger charge is 2.10. The van der Waals surface area contributed by atoms with Gasteiger partial charge in [-0.15, -0.1) is 0 Å². The summed E-state index contributed by atoms with van der Waals surface area (Å²) in [6, 6.07) is 18.6. The monoisotopic (exact) mass is 352 g/mol. The smallest absolute Gasteiger partial charge is 0.238 e. The second kappa shape index (κ2) is 7.97. The Hall–Kier alpha value is -2.92. The summed E-state index contributed by atoms with van der Waals surface area (Å²) < 4.78 is 18.7. The van der Waals surface area contributed by atoms with Gasteiger partial charge in [-0.2, -0.15) is 0 Å². The molecule has 0 aliphatic heterocycles. The fourth-order valence-corrected chi connectivity index (χ4v) is 2.89. The van der Waals surface area contributed by atoms with Crippen molar-refractivity contribution in [2.24, 2.45) is 0 Å². The van der Waals surface area contributed by atoms with Crippen molar-refractivity contribution in [3.63, 3.8) is 0 Å². The Balaban J connectivity index is 1.59. The van der Waals surface area contributed by atoms with Crippen LogP contribution in [0.5, 0.6) is 5.75 Å². The Morgan fingerprint density at radius 2 is 1.85 bits per heavy atom. The fraction of sp³-hybridized carbons (Fsp3) is 0.190. The van der Waals surface area contributed by atoms with Gasteiger partial charge < -0.3 is 10.1 Å². The largest absolute Gasteiger partial charge is 0.494 e. The highest BCUT2D eigenvalue weighted by atomic mass is 19.1. The third-order valence-corrected chi connectivity index (χ3v) is 4.12. The Bertz CT molecular complexity index is 927. The number of methoxy groups -OCH3 is 1. The van der Waals surface area contributed by atoms with E-state index >= 15 is 0 Å². The second-order valence-corrected chi connectivity index (χ2v) is 6.25. The molecule has 26 heavy (non-hydrogen) atoms. The number of fused-ring (bicyclic) bond motifs is 1. The molecule has 134 valence electrons. The lowest BCUT2D eigenvalue weighted by molar-refractivity contribution is -0.117. The van der Waals surface area contributed by atoms with E-state index in [-0.39, 0.29) is 18.2 Å². The topological polar surface area (TPSA) is 41.6 Å². The number of likely N-dealkylation sites (N-methyl/N-ethyl adjacent to an activating group) is 1. The molecular formula is C21H21FN2O2. The molecule has 0 saturated carbocycles.